The van der Waals surface area contributed by atoms with Gasteiger partial charge >= 0.3 is 0 Å². The minimum Gasteiger partial charge on any atom is -0.311 e. The van der Waals surface area contributed by atoms with Gasteiger partial charge in [-0.3, -0.25) is 0 Å². The van der Waals surface area contributed by atoms with E-state index in [1.807, 2.05) is 11.3 Å². The maximum absolute atomic E-state index is 3.56. The second-order valence-electron chi connectivity index (χ2n) is 5.03. The molecule has 0 unspecified atom stereocenters. The quantitative estimate of drug-likeness (QED) is 0.811. The standard InChI is InChI=1S/C14H24N2S/c1-12-10-14(17-13(12)2)11-15-6-9-16-7-4-3-5-8-16/h10,15H,3-9,11H2,1-2H3. The zero-order chi connectivity index (χ0) is 12.1. The Balaban J connectivity index is 1.62. The first kappa shape index (κ1) is 13.1. The number of piperidine rings is 1. The Bertz CT molecular complexity index is 320. The van der Waals surface area contributed by atoms with E-state index >= 15 is 0 Å². The lowest BCUT2D eigenvalue weighted by Gasteiger charge is -2.26. The van der Waals surface area contributed by atoms with Crippen molar-refractivity contribution in [2.45, 2.75) is 39.7 Å². The average Bonchev–Trinajstić information content (AvgIpc) is 2.66. The van der Waals surface area contributed by atoms with E-state index in [-0.39, 0.29) is 0 Å². The van der Waals surface area contributed by atoms with E-state index in [0.717, 1.165) is 13.1 Å². The van der Waals surface area contributed by atoms with Crippen LogP contribution in [0.3, 0.4) is 0 Å². The van der Waals surface area contributed by atoms with Gasteiger partial charge in [-0.1, -0.05) is 6.42 Å². The molecule has 0 radical (unpaired) electrons. The molecule has 1 aromatic rings. The molecule has 1 aliphatic heterocycles. The molecule has 0 atom stereocenters. The summed E-state index contributed by atoms with van der Waals surface area (Å²) in [5, 5.41) is 3.56. The van der Waals surface area contributed by atoms with E-state index in [1.165, 1.54) is 54.2 Å². The van der Waals surface area contributed by atoms with Crippen LogP contribution < -0.4 is 5.32 Å². The third-order valence-electron chi connectivity index (χ3n) is 3.57. The van der Waals surface area contributed by atoms with Gasteiger partial charge in [-0.05, 0) is 51.4 Å². The van der Waals surface area contributed by atoms with E-state index in [0.29, 0.717) is 0 Å². The number of thiophene rings is 1. The second-order valence-corrected chi connectivity index (χ2v) is 6.37. The molecule has 0 amide bonds. The zero-order valence-corrected chi connectivity index (χ0v) is 11.9. The lowest BCUT2D eigenvalue weighted by Crippen LogP contribution is -2.35. The molecule has 1 fully saturated rings. The van der Waals surface area contributed by atoms with Gasteiger partial charge in [0.15, 0.2) is 0 Å². The SMILES string of the molecule is Cc1cc(CNCCN2CCCCC2)sc1C. The van der Waals surface area contributed by atoms with Crippen molar-refractivity contribution in [3.05, 3.63) is 21.4 Å². The van der Waals surface area contributed by atoms with Crippen LogP contribution in [0.1, 0.15) is 34.6 Å². The van der Waals surface area contributed by atoms with Crippen LogP contribution in [0.5, 0.6) is 0 Å². The minimum absolute atomic E-state index is 1.03. The first-order valence-electron chi connectivity index (χ1n) is 6.74. The third kappa shape index (κ3) is 4.09. The summed E-state index contributed by atoms with van der Waals surface area (Å²) in [5.41, 5.74) is 1.43. The van der Waals surface area contributed by atoms with Crippen LogP contribution in [-0.2, 0) is 6.54 Å². The van der Waals surface area contributed by atoms with Crippen molar-refractivity contribution in [2.75, 3.05) is 26.2 Å². The average molecular weight is 252 g/mol. The van der Waals surface area contributed by atoms with Gasteiger partial charge in [-0.2, -0.15) is 0 Å². The minimum atomic E-state index is 1.03. The van der Waals surface area contributed by atoms with Crippen molar-refractivity contribution in [2.24, 2.45) is 0 Å². The summed E-state index contributed by atoms with van der Waals surface area (Å²) in [5.74, 6) is 0. The molecule has 0 aliphatic carbocycles. The molecule has 2 nitrogen and oxygen atoms in total. The molecule has 0 aromatic carbocycles. The van der Waals surface area contributed by atoms with Crippen molar-refractivity contribution in [1.29, 1.82) is 0 Å². The molecule has 17 heavy (non-hydrogen) atoms. The molecular weight excluding hydrogens is 228 g/mol. The predicted octanol–water partition coefficient (Wildman–Crippen LogP) is 2.94. The Hall–Kier alpha value is -0.380. The Morgan fingerprint density at radius 1 is 1.24 bits per heavy atom. The van der Waals surface area contributed by atoms with Gasteiger partial charge < -0.3 is 10.2 Å². The van der Waals surface area contributed by atoms with Crippen molar-refractivity contribution in [3.8, 4) is 0 Å². The summed E-state index contributed by atoms with van der Waals surface area (Å²) in [6, 6.07) is 2.31. The van der Waals surface area contributed by atoms with E-state index in [1.54, 1.807) is 0 Å². The predicted molar refractivity (Wildman–Crippen MR) is 75.8 cm³/mol. The number of nitrogens with zero attached hydrogens (tertiary/aromatic N) is 1. The van der Waals surface area contributed by atoms with Crippen LogP contribution in [-0.4, -0.2) is 31.1 Å². The van der Waals surface area contributed by atoms with Gasteiger partial charge in [-0.15, -0.1) is 11.3 Å². The monoisotopic (exact) mass is 252 g/mol. The first-order chi connectivity index (χ1) is 8.25. The van der Waals surface area contributed by atoms with Crippen molar-refractivity contribution in [1.82, 2.24) is 10.2 Å². The van der Waals surface area contributed by atoms with Gasteiger partial charge in [0.1, 0.15) is 0 Å². The van der Waals surface area contributed by atoms with Crippen molar-refractivity contribution < 1.29 is 0 Å². The van der Waals surface area contributed by atoms with E-state index in [4.69, 9.17) is 0 Å². The fourth-order valence-electron chi connectivity index (χ4n) is 2.37. The first-order valence-corrected chi connectivity index (χ1v) is 7.56. The van der Waals surface area contributed by atoms with Crippen molar-refractivity contribution in [3.63, 3.8) is 0 Å². The number of aryl methyl sites for hydroxylation is 2. The van der Waals surface area contributed by atoms with E-state index in [9.17, 15) is 0 Å². The van der Waals surface area contributed by atoms with Gasteiger partial charge in [-0.25, -0.2) is 0 Å². The Morgan fingerprint density at radius 2 is 2.00 bits per heavy atom. The highest BCUT2D eigenvalue weighted by atomic mass is 32.1. The number of hydrogen-bond acceptors (Lipinski definition) is 3. The van der Waals surface area contributed by atoms with Gasteiger partial charge in [0.05, 0.1) is 0 Å². The largest absolute Gasteiger partial charge is 0.311 e. The normalized spacial score (nSPS) is 17.5. The molecule has 1 aromatic heterocycles. The number of rotatable bonds is 5. The van der Waals surface area contributed by atoms with Crippen LogP contribution in [0.2, 0.25) is 0 Å². The fourth-order valence-corrected chi connectivity index (χ4v) is 3.39. The Labute approximate surface area is 109 Å². The molecule has 1 saturated heterocycles. The maximum atomic E-state index is 3.56. The van der Waals surface area contributed by atoms with Gasteiger partial charge in [0.2, 0.25) is 0 Å². The summed E-state index contributed by atoms with van der Waals surface area (Å²) < 4.78 is 0. The molecule has 96 valence electrons. The maximum Gasteiger partial charge on any atom is 0.0300 e. The van der Waals surface area contributed by atoms with Gasteiger partial charge in [0.25, 0.3) is 0 Å². The highest BCUT2D eigenvalue weighted by molar-refractivity contribution is 7.12. The third-order valence-corrected chi connectivity index (χ3v) is 4.72. The molecule has 2 heterocycles. The lowest BCUT2D eigenvalue weighted by molar-refractivity contribution is 0.229. The van der Waals surface area contributed by atoms with E-state index < -0.39 is 0 Å². The second kappa shape index (κ2) is 6.53. The fraction of sp³-hybridized carbons (Fsp3) is 0.714. The number of nitrogens with one attached hydrogen (secondary N) is 1. The molecule has 2 rings (SSSR count). The molecule has 3 heteroatoms. The zero-order valence-electron chi connectivity index (χ0n) is 11.1. The summed E-state index contributed by atoms with van der Waals surface area (Å²) in [6.07, 6.45) is 4.21. The highest BCUT2D eigenvalue weighted by Crippen LogP contribution is 2.20. The van der Waals surface area contributed by atoms with Gasteiger partial charge in [0, 0.05) is 29.4 Å². The molecule has 0 saturated carbocycles. The van der Waals surface area contributed by atoms with Crippen LogP contribution in [0.25, 0.3) is 0 Å². The van der Waals surface area contributed by atoms with Crippen molar-refractivity contribution >= 4 is 11.3 Å². The topological polar surface area (TPSA) is 15.3 Å². The molecule has 1 aliphatic rings. The lowest BCUT2D eigenvalue weighted by atomic mass is 10.1. The number of hydrogen-bond donors (Lipinski definition) is 1. The number of likely N-dealkylation sites (tertiary alicyclic amines) is 1. The van der Waals surface area contributed by atoms with Crippen LogP contribution >= 0.6 is 11.3 Å². The highest BCUT2D eigenvalue weighted by Gasteiger charge is 2.08. The Kier molecular flexibility index (Phi) is 5.01. The summed E-state index contributed by atoms with van der Waals surface area (Å²) >= 11 is 1.92. The Morgan fingerprint density at radius 3 is 2.65 bits per heavy atom. The van der Waals surface area contributed by atoms with Crippen LogP contribution in [0.4, 0.5) is 0 Å². The van der Waals surface area contributed by atoms with Crippen LogP contribution in [0.15, 0.2) is 6.07 Å². The summed E-state index contributed by atoms with van der Waals surface area (Å²) in [6.45, 7) is 10.4. The van der Waals surface area contributed by atoms with E-state index in [2.05, 4.69) is 30.1 Å². The molecule has 1 N–H and O–H groups in total. The smallest absolute Gasteiger partial charge is 0.0300 e. The summed E-state index contributed by atoms with van der Waals surface area (Å²) in [4.78, 5) is 5.51. The molecular formula is C14H24N2S. The molecule has 0 spiro atoms. The van der Waals surface area contributed by atoms with Crippen LogP contribution in [0, 0.1) is 13.8 Å². The molecule has 0 bridgehead atoms. The summed E-state index contributed by atoms with van der Waals surface area (Å²) in [7, 11) is 0.